The Morgan fingerprint density at radius 3 is 3.00 bits per heavy atom. The molecule has 0 spiro atoms. The highest BCUT2D eigenvalue weighted by atomic mass is 32.2. The molecule has 5 nitrogen and oxygen atoms in total. The molecule has 6 heteroatoms. The maximum absolute atomic E-state index is 11.8. The maximum Gasteiger partial charge on any atom is 0.181 e. The Bertz CT molecular complexity index is 437. The molecule has 0 radical (unpaired) electrons. The molecule has 1 N–H and O–H groups in total. The van der Waals surface area contributed by atoms with Gasteiger partial charge in [-0.25, -0.2) is 13.4 Å². The highest BCUT2D eigenvalue weighted by molar-refractivity contribution is 7.91. The van der Waals surface area contributed by atoms with Gasteiger partial charge in [-0.05, 0) is 12.8 Å². The van der Waals surface area contributed by atoms with Crippen molar-refractivity contribution in [3.63, 3.8) is 0 Å². The molecular formula is C9H13NO4S. The Kier molecular flexibility index (Phi) is 2.79. The second-order valence-electron chi connectivity index (χ2n) is 3.67. The van der Waals surface area contributed by atoms with Crippen molar-refractivity contribution in [2.24, 2.45) is 0 Å². The van der Waals surface area contributed by atoms with Gasteiger partial charge in [0.15, 0.2) is 16.2 Å². The summed E-state index contributed by atoms with van der Waals surface area (Å²) >= 11 is 0. The minimum atomic E-state index is -3.12. The van der Waals surface area contributed by atoms with E-state index in [0.717, 1.165) is 6.42 Å². The first-order chi connectivity index (χ1) is 7.15. The summed E-state index contributed by atoms with van der Waals surface area (Å²) in [6, 6.07) is 0. The first-order valence-corrected chi connectivity index (χ1v) is 6.61. The number of nitrogens with zero attached hydrogens (tertiary/aromatic N) is 1. The van der Waals surface area contributed by atoms with E-state index in [2.05, 4.69) is 4.98 Å². The molecule has 0 amide bonds. The minimum absolute atomic E-state index is 0.198. The molecule has 84 valence electrons. The molecule has 0 bridgehead atoms. The maximum atomic E-state index is 11.8. The van der Waals surface area contributed by atoms with Gasteiger partial charge >= 0.3 is 0 Å². The summed E-state index contributed by atoms with van der Waals surface area (Å²) in [6.07, 6.45) is 3.33. The summed E-state index contributed by atoms with van der Waals surface area (Å²) in [4.78, 5) is 3.79. The number of sulfone groups is 1. The summed E-state index contributed by atoms with van der Waals surface area (Å²) in [5, 5.41) is 8.38. The molecule has 1 aromatic heterocycles. The van der Waals surface area contributed by atoms with Gasteiger partial charge in [0.2, 0.25) is 0 Å². The topological polar surface area (TPSA) is 80.4 Å². The lowest BCUT2D eigenvalue weighted by atomic mass is 10.1. The van der Waals surface area contributed by atoms with E-state index in [1.54, 1.807) is 0 Å². The fourth-order valence-electron chi connectivity index (χ4n) is 1.91. The third-order valence-electron chi connectivity index (χ3n) is 2.69. The number of rotatable bonds is 2. The third kappa shape index (κ3) is 1.91. The van der Waals surface area contributed by atoms with E-state index in [0.29, 0.717) is 24.3 Å². The van der Waals surface area contributed by atoms with Crippen LogP contribution in [0.1, 0.15) is 36.0 Å². The Balaban J connectivity index is 2.37. The lowest BCUT2D eigenvalue weighted by Crippen LogP contribution is -2.22. The van der Waals surface area contributed by atoms with E-state index in [1.165, 1.54) is 6.39 Å². The highest BCUT2D eigenvalue weighted by Gasteiger charge is 2.34. The number of aliphatic hydroxyl groups is 1. The largest absolute Gasteiger partial charge is 0.447 e. The van der Waals surface area contributed by atoms with E-state index in [1.807, 2.05) is 0 Å². The van der Waals surface area contributed by atoms with Gasteiger partial charge in [0.25, 0.3) is 0 Å². The molecule has 1 aliphatic rings. The zero-order chi connectivity index (χ0) is 10.9. The van der Waals surface area contributed by atoms with E-state index in [-0.39, 0.29) is 12.4 Å². The number of hydrogen-bond donors (Lipinski definition) is 1. The zero-order valence-electron chi connectivity index (χ0n) is 8.22. The van der Waals surface area contributed by atoms with Crippen LogP contribution in [0, 0.1) is 0 Å². The van der Waals surface area contributed by atoms with Crippen molar-refractivity contribution in [2.75, 3.05) is 5.75 Å². The van der Waals surface area contributed by atoms with Gasteiger partial charge in [-0.15, -0.1) is 0 Å². The Morgan fingerprint density at radius 2 is 2.33 bits per heavy atom. The first-order valence-electron chi connectivity index (χ1n) is 4.90. The van der Waals surface area contributed by atoms with Gasteiger partial charge in [0.1, 0.15) is 16.7 Å². The van der Waals surface area contributed by atoms with Crippen LogP contribution in [0.2, 0.25) is 0 Å². The monoisotopic (exact) mass is 231 g/mol. The number of aliphatic hydroxyl groups excluding tert-OH is 1. The molecular weight excluding hydrogens is 218 g/mol. The number of hydrogen-bond acceptors (Lipinski definition) is 5. The van der Waals surface area contributed by atoms with Crippen molar-refractivity contribution in [1.29, 1.82) is 0 Å². The average molecular weight is 231 g/mol. The van der Waals surface area contributed by atoms with E-state index in [9.17, 15) is 8.42 Å². The predicted molar refractivity (Wildman–Crippen MR) is 52.8 cm³/mol. The van der Waals surface area contributed by atoms with E-state index < -0.39 is 15.1 Å². The molecule has 0 aliphatic carbocycles. The first kappa shape index (κ1) is 10.6. The van der Waals surface area contributed by atoms with Crippen LogP contribution in [-0.2, 0) is 16.4 Å². The van der Waals surface area contributed by atoms with E-state index in [4.69, 9.17) is 9.52 Å². The third-order valence-corrected chi connectivity index (χ3v) is 4.87. The smallest absolute Gasteiger partial charge is 0.181 e. The zero-order valence-corrected chi connectivity index (χ0v) is 9.03. The summed E-state index contributed by atoms with van der Waals surface area (Å²) < 4.78 is 28.6. The van der Waals surface area contributed by atoms with Crippen LogP contribution in [0.4, 0.5) is 0 Å². The molecule has 1 unspecified atom stereocenters. The molecule has 1 aromatic rings. The van der Waals surface area contributed by atoms with Gasteiger partial charge in [-0.3, -0.25) is 0 Å². The van der Waals surface area contributed by atoms with Crippen molar-refractivity contribution in [2.45, 2.75) is 31.1 Å². The van der Waals surface area contributed by atoms with Crippen LogP contribution in [-0.4, -0.2) is 24.3 Å². The quantitative estimate of drug-likeness (QED) is 0.814. The van der Waals surface area contributed by atoms with Crippen molar-refractivity contribution in [3.05, 3.63) is 17.8 Å². The van der Waals surface area contributed by atoms with Crippen molar-refractivity contribution < 1.29 is 17.9 Å². The van der Waals surface area contributed by atoms with Gasteiger partial charge in [0, 0.05) is 0 Å². The van der Waals surface area contributed by atoms with Gasteiger partial charge in [0.05, 0.1) is 12.4 Å². The Morgan fingerprint density at radius 1 is 1.53 bits per heavy atom. The second kappa shape index (κ2) is 3.94. The lowest BCUT2D eigenvalue weighted by molar-refractivity contribution is 0.273. The van der Waals surface area contributed by atoms with Gasteiger partial charge in [-0.2, -0.15) is 0 Å². The van der Waals surface area contributed by atoms with Crippen molar-refractivity contribution in [1.82, 2.24) is 4.98 Å². The van der Waals surface area contributed by atoms with Crippen molar-refractivity contribution in [3.8, 4) is 0 Å². The summed E-state index contributed by atoms with van der Waals surface area (Å²) in [5.41, 5.74) is 0.338. The summed E-state index contributed by atoms with van der Waals surface area (Å²) in [6.45, 7) is -0.280. The Hall–Kier alpha value is -0.880. The minimum Gasteiger partial charge on any atom is -0.447 e. The molecule has 1 saturated heterocycles. The molecule has 15 heavy (non-hydrogen) atoms. The normalized spacial score (nSPS) is 25.3. The SMILES string of the molecule is O=S1(=O)CCCCC1c1ocnc1CO. The van der Waals surface area contributed by atoms with Crippen LogP contribution in [0.3, 0.4) is 0 Å². The van der Waals surface area contributed by atoms with Crippen LogP contribution in [0.5, 0.6) is 0 Å². The number of oxazole rings is 1. The van der Waals surface area contributed by atoms with E-state index >= 15 is 0 Å². The average Bonchev–Trinajstić information content (AvgIpc) is 2.64. The van der Waals surface area contributed by atoms with Crippen molar-refractivity contribution >= 4 is 9.84 Å². The molecule has 1 atom stereocenters. The number of aromatic nitrogens is 1. The van der Waals surface area contributed by atoms with Crippen LogP contribution >= 0.6 is 0 Å². The summed E-state index contributed by atoms with van der Waals surface area (Å²) in [5.74, 6) is 0.515. The fraction of sp³-hybridized carbons (Fsp3) is 0.667. The van der Waals surface area contributed by atoms with Crippen LogP contribution < -0.4 is 0 Å². The lowest BCUT2D eigenvalue weighted by Gasteiger charge is -2.20. The fourth-order valence-corrected chi connectivity index (χ4v) is 3.84. The Labute approximate surface area is 88.0 Å². The summed E-state index contributed by atoms with van der Waals surface area (Å²) in [7, 11) is -3.12. The molecule has 0 saturated carbocycles. The standard InChI is InChI=1S/C9H13NO4S/c11-5-7-9(14-6-10-7)8-3-1-2-4-15(8,12)13/h6,8,11H,1-5H2. The molecule has 2 heterocycles. The van der Waals surface area contributed by atoms with Crippen LogP contribution in [0.15, 0.2) is 10.8 Å². The molecule has 1 fully saturated rings. The second-order valence-corrected chi connectivity index (χ2v) is 5.98. The molecule has 1 aliphatic heterocycles. The molecule has 2 rings (SSSR count). The van der Waals surface area contributed by atoms with Gasteiger partial charge < -0.3 is 9.52 Å². The van der Waals surface area contributed by atoms with Gasteiger partial charge in [-0.1, -0.05) is 6.42 Å². The van der Waals surface area contributed by atoms with Crippen LogP contribution in [0.25, 0.3) is 0 Å². The highest BCUT2D eigenvalue weighted by Crippen LogP contribution is 2.34. The molecule has 0 aromatic carbocycles. The predicted octanol–water partition coefficient (Wildman–Crippen LogP) is 0.807.